The van der Waals surface area contributed by atoms with Crippen LogP contribution in [-0.4, -0.2) is 17.7 Å². The fourth-order valence-electron chi connectivity index (χ4n) is 2.99. The average molecular weight is 203 g/mol. The lowest BCUT2D eigenvalue weighted by Crippen LogP contribution is -2.34. The van der Waals surface area contributed by atoms with Gasteiger partial charge in [-0.25, -0.2) is 0 Å². The normalized spacial score (nSPS) is 27.9. The van der Waals surface area contributed by atoms with Crippen LogP contribution in [0.25, 0.3) is 0 Å². The van der Waals surface area contributed by atoms with E-state index in [9.17, 15) is 5.11 Å². The van der Waals surface area contributed by atoms with Crippen molar-refractivity contribution in [2.75, 3.05) is 6.54 Å². The molecule has 2 aliphatic rings. The number of hydrogen-bond acceptors (Lipinski definition) is 2. The fourth-order valence-corrected chi connectivity index (χ4v) is 2.99. The summed E-state index contributed by atoms with van der Waals surface area (Å²) in [5, 5.41) is 13.5. The Bertz CT molecular complexity index is 365. The molecule has 0 spiro atoms. The van der Waals surface area contributed by atoms with Gasteiger partial charge in [-0.15, -0.1) is 0 Å². The smallest absolute Gasteiger partial charge is 0.119 e. The number of phenolic OH excluding ortho intramolecular Hbond substituents is 1. The van der Waals surface area contributed by atoms with Gasteiger partial charge in [-0.3, -0.25) is 0 Å². The van der Waals surface area contributed by atoms with Crippen molar-refractivity contribution in [1.82, 2.24) is 5.32 Å². The zero-order valence-corrected chi connectivity index (χ0v) is 8.87. The molecule has 2 nitrogen and oxygen atoms in total. The molecule has 1 aromatic rings. The standard InChI is InChI=1S/C13H17NO/c15-11-5-2-1-4-10(11)13(7-8-13)12-6-3-9-14-12/h1-2,4-5,12,14-15H,3,6-9H2. The van der Waals surface area contributed by atoms with Crippen molar-refractivity contribution in [3.05, 3.63) is 29.8 Å². The maximum atomic E-state index is 9.92. The Balaban J connectivity index is 1.95. The van der Waals surface area contributed by atoms with Crippen molar-refractivity contribution >= 4 is 0 Å². The maximum absolute atomic E-state index is 9.92. The second-order valence-corrected chi connectivity index (χ2v) is 4.82. The molecule has 1 aliphatic heterocycles. The van der Waals surface area contributed by atoms with Crippen molar-refractivity contribution in [1.29, 1.82) is 0 Å². The highest BCUT2D eigenvalue weighted by molar-refractivity contribution is 5.44. The number of aromatic hydroxyl groups is 1. The molecule has 1 aromatic carbocycles. The zero-order chi connectivity index (χ0) is 10.3. The molecule has 80 valence electrons. The summed E-state index contributed by atoms with van der Waals surface area (Å²) in [5.41, 5.74) is 1.41. The van der Waals surface area contributed by atoms with Gasteiger partial charge in [0, 0.05) is 17.0 Å². The molecule has 0 radical (unpaired) electrons. The van der Waals surface area contributed by atoms with E-state index >= 15 is 0 Å². The number of benzene rings is 1. The van der Waals surface area contributed by atoms with Crippen molar-refractivity contribution in [2.45, 2.75) is 37.1 Å². The highest BCUT2D eigenvalue weighted by Crippen LogP contribution is 2.55. The Morgan fingerprint density at radius 1 is 1.27 bits per heavy atom. The first kappa shape index (κ1) is 9.22. The van der Waals surface area contributed by atoms with E-state index in [1.54, 1.807) is 0 Å². The maximum Gasteiger partial charge on any atom is 0.119 e. The van der Waals surface area contributed by atoms with E-state index in [4.69, 9.17) is 0 Å². The molecule has 3 rings (SSSR count). The third-order valence-electron chi connectivity index (χ3n) is 3.96. The highest BCUT2D eigenvalue weighted by Gasteiger charge is 2.52. The quantitative estimate of drug-likeness (QED) is 0.772. The Labute approximate surface area is 90.3 Å². The lowest BCUT2D eigenvalue weighted by Gasteiger charge is -2.24. The second-order valence-electron chi connectivity index (χ2n) is 4.82. The van der Waals surface area contributed by atoms with Crippen molar-refractivity contribution in [2.24, 2.45) is 0 Å². The van der Waals surface area contributed by atoms with Gasteiger partial charge in [0.25, 0.3) is 0 Å². The van der Waals surface area contributed by atoms with Gasteiger partial charge < -0.3 is 10.4 Å². The Kier molecular flexibility index (Phi) is 1.99. The van der Waals surface area contributed by atoms with E-state index in [1.807, 2.05) is 18.2 Å². The minimum atomic E-state index is 0.252. The van der Waals surface area contributed by atoms with Crippen LogP contribution in [0.5, 0.6) is 5.75 Å². The van der Waals surface area contributed by atoms with Crippen LogP contribution in [-0.2, 0) is 5.41 Å². The van der Waals surface area contributed by atoms with Gasteiger partial charge in [-0.2, -0.15) is 0 Å². The van der Waals surface area contributed by atoms with E-state index in [0.717, 1.165) is 12.1 Å². The molecule has 1 heterocycles. The van der Waals surface area contributed by atoms with E-state index in [-0.39, 0.29) is 5.41 Å². The number of rotatable bonds is 2. The summed E-state index contributed by atoms with van der Waals surface area (Å²) in [6.07, 6.45) is 4.98. The van der Waals surface area contributed by atoms with Crippen LogP contribution < -0.4 is 5.32 Å². The van der Waals surface area contributed by atoms with Crippen LogP contribution in [0.4, 0.5) is 0 Å². The van der Waals surface area contributed by atoms with Gasteiger partial charge in [0.2, 0.25) is 0 Å². The van der Waals surface area contributed by atoms with E-state index in [1.165, 1.54) is 25.7 Å². The summed E-state index contributed by atoms with van der Waals surface area (Å²) in [5.74, 6) is 0.476. The number of phenols is 1. The van der Waals surface area contributed by atoms with E-state index < -0.39 is 0 Å². The summed E-state index contributed by atoms with van der Waals surface area (Å²) in [6, 6.07) is 8.42. The van der Waals surface area contributed by atoms with E-state index in [2.05, 4.69) is 11.4 Å². The van der Waals surface area contributed by atoms with Crippen molar-refractivity contribution in [3.63, 3.8) is 0 Å². The minimum Gasteiger partial charge on any atom is -0.508 e. The van der Waals surface area contributed by atoms with Crippen LogP contribution in [0.1, 0.15) is 31.2 Å². The summed E-state index contributed by atoms with van der Waals surface area (Å²) < 4.78 is 0. The molecule has 2 N–H and O–H groups in total. The predicted molar refractivity (Wildman–Crippen MR) is 60.0 cm³/mol. The van der Waals surface area contributed by atoms with E-state index in [0.29, 0.717) is 11.8 Å². The molecule has 1 saturated heterocycles. The molecule has 15 heavy (non-hydrogen) atoms. The molecule has 1 unspecified atom stereocenters. The number of hydrogen-bond donors (Lipinski definition) is 2. The molecule has 0 amide bonds. The lowest BCUT2D eigenvalue weighted by atomic mass is 9.86. The van der Waals surface area contributed by atoms with Crippen LogP contribution in [0.3, 0.4) is 0 Å². The first-order valence-electron chi connectivity index (χ1n) is 5.85. The van der Waals surface area contributed by atoms with Crippen molar-refractivity contribution < 1.29 is 5.11 Å². The van der Waals surface area contributed by atoms with Gasteiger partial charge in [-0.1, -0.05) is 18.2 Å². The number of nitrogens with one attached hydrogen (secondary N) is 1. The second kappa shape index (κ2) is 3.24. The van der Waals surface area contributed by atoms with Gasteiger partial charge in [-0.05, 0) is 38.3 Å². The van der Waals surface area contributed by atoms with Crippen LogP contribution in [0, 0.1) is 0 Å². The molecular formula is C13H17NO. The monoisotopic (exact) mass is 203 g/mol. The largest absolute Gasteiger partial charge is 0.508 e. The summed E-state index contributed by atoms with van der Waals surface area (Å²) in [7, 11) is 0. The fraction of sp³-hybridized carbons (Fsp3) is 0.538. The van der Waals surface area contributed by atoms with Gasteiger partial charge in [0.1, 0.15) is 5.75 Å². The molecule has 0 aromatic heterocycles. The summed E-state index contributed by atoms with van der Waals surface area (Å²) in [4.78, 5) is 0. The number of para-hydroxylation sites is 1. The molecular weight excluding hydrogens is 186 g/mol. The predicted octanol–water partition coefficient (Wildman–Crippen LogP) is 2.18. The summed E-state index contributed by atoms with van der Waals surface area (Å²) in [6.45, 7) is 1.14. The van der Waals surface area contributed by atoms with Gasteiger partial charge in [0.15, 0.2) is 0 Å². The lowest BCUT2D eigenvalue weighted by molar-refractivity contribution is 0.425. The molecule has 1 aliphatic carbocycles. The zero-order valence-electron chi connectivity index (χ0n) is 8.87. The van der Waals surface area contributed by atoms with Crippen LogP contribution in [0.2, 0.25) is 0 Å². The third kappa shape index (κ3) is 1.36. The van der Waals surface area contributed by atoms with Gasteiger partial charge >= 0.3 is 0 Å². The highest BCUT2D eigenvalue weighted by atomic mass is 16.3. The van der Waals surface area contributed by atoms with Crippen molar-refractivity contribution in [3.8, 4) is 5.75 Å². The SMILES string of the molecule is Oc1ccccc1C1(C2CCCN2)CC1. The Hall–Kier alpha value is -1.02. The van der Waals surface area contributed by atoms with Crippen LogP contribution >= 0.6 is 0 Å². The molecule has 1 saturated carbocycles. The Morgan fingerprint density at radius 2 is 2.07 bits per heavy atom. The van der Waals surface area contributed by atoms with Crippen LogP contribution in [0.15, 0.2) is 24.3 Å². The van der Waals surface area contributed by atoms with Gasteiger partial charge in [0.05, 0.1) is 0 Å². The summed E-state index contributed by atoms with van der Waals surface area (Å²) >= 11 is 0. The molecule has 0 bridgehead atoms. The molecule has 2 heteroatoms. The average Bonchev–Trinajstić information content (AvgIpc) is 2.87. The molecule has 1 atom stereocenters. The molecule has 2 fully saturated rings. The Morgan fingerprint density at radius 3 is 2.67 bits per heavy atom. The topological polar surface area (TPSA) is 32.3 Å². The first-order valence-corrected chi connectivity index (χ1v) is 5.85. The third-order valence-corrected chi connectivity index (χ3v) is 3.96. The minimum absolute atomic E-state index is 0.252. The first-order chi connectivity index (χ1) is 7.33.